The maximum Gasteiger partial charge on any atom is 0.339 e. The van der Waals surface area contributed by atoms with Gasteiger partial charge in [0.05, 0.1) is 11.9 Å². The second-order valence-corrected chi connectivity index (χ2v) is 5.85. The molecular weight excluding hydrogens is 254 g/mol. The number of rotatable bonds is 5. The Morgan fingerprint density at radius 1 is 1.45 bits per heavy atom. The Labute approximate surface area is 120 Å². The van der Waals surface area contributed by atoms with Crippen LogP contribution in [-0.4, -0.2) is 26.9 Å². The van der Waals surface area contributed by atoms with Crippen molar-refractivity contribution in [3.63, 3.8) is 0 Å². The average Bonchev–Trinajstić information content (AvgIpc) is 2.65. The van der Waals surface area contributed by atoms with Crippen molar-refractivity contribution in [2.75, 3.05) is 0 Å². The summed E-state index contributed by atoms with van der Waals surface area (Å²) in [6.07, 6.45) is 9.35. The normalized spacial score (nSPS) is 18.7. The minimum Gasteiger partial charge on any atom is -0.478 e. The summed E-state index contributed by atoms with van der Waals surface area (Å²) < 4.78 is 1.65. The number of hydrogen-bond donors (Lipinski definition) is 2. The van der Waals surface area contributed by atoms with E-state index in [9.17, 15) is 4.79 Å². The van der Waals surface area contributed by atoms with Crippen LogP contribution in [0.4, 0.5) is 0 Å². The van der Waals surface area contributed by atoms with E-state index in [-0.39, 0.29) is 0 Å². The van der Waals surface area contributed by atoms with Gasteiger partial charge in [-0.1, -0.05) is 25.7 Å². The van der Waals surface area contributed by atoms with Crippen LogP contribution in [0.3, 0.4) is 0 Å². The average molecular weight is 279 g/mol. The quantitative estimate of drug-likeness (QED) is 0.813. The van der Waals surface area contributed by atoms with Crippen LogP contribution in [0.1, 0.15) is 61.5 Å². The minimum atomic E-state index is -0.906. The number of carboxylic acids is 1. The molecule has 5 heteroatoms. The van der Waals surface area contributed by atoms with Gasteiger partial charge in [-0.15, -0.1) is 0 Å². The third-order valence-electron chi connectivity index (χ3n) is 4.49. The monoisotopic (exact) mass is 279 g/mol. The smallest absolute Gasteiger partial charge is 0.339 e. The highest BCUT2D eigenvalue weighted by molar-refractivity contribution is 5.88. The maximum absolute atomic E-state index is 11.1. The lowest BCUT2D eigenvalue weighted by Crippen LogP contribution is -2.34. The van der Waals surface area contributed by atoms with Gasteiger partial charge in [-0.2, -0.15) is 5.10 Å². The summed E-state index contributed by atoms with van der Waals surface area (Å²) in [5.41, 5.74) is 1.05. The van der Waals surface area contributed by atoms with E-state index >= 15 is 0 Å². The van der Waals surface area contributed by atoms with Crippen LogP contribution in [0.2, 0.25) is 0 Å². The molecule has 2 N–H and O–H groups in total. The first-order valence-electron chi connectivity index (χ1n) is 7.57. The van der Waals surface area contributed by atoms with E-state index in [1.807, 2.05) is 0 Å². The summed E-state index contributed by atoms with van der Waals surface area (Å²) in [6, 6.07) is 0.421. The zero-order valence-electron chi connectivity index (χ0n) is 12.4. The highest BCUT2D eigenvalue weighted by Crippen LogP contribution is 2.25. The lowest BCUT2D eigenvalue weighted by Gasteiger charge is -2.23. The van der Waals surface area contributed by atoms with E-state index in [1.54, 1.807) is 11.7 Å². The molecular formula is C15H25N3O2. The fourth-order valence-electron chi connectivity index (χ4n) is 3.09. The van der Waals surface area contributed by atoms with Crippen LogP contribution in [0.15, 0.2) is 6.20 Å². The molecule has 0 amide bonds. The molecule has 0 bridgehead atoms. The second-order valence-electron chi connectivity index (χ2n) is 5.85. The Morgan fingerprint density at radius 3 is 2.70 bits per heavy atom. The van der Waals surface area contributed by atoms with Gasteiger partial charge in [0.1, 0.15) is 5.56 Å². The van der Waals surface area contributed by atoms with Crippen molar-refractivity contribution in [1.29, 1.82) is 0 Å². The Kier molecular flexibility index (Phi) is 5.17. The molecule has 2 rings (SSSR count). The molecule has 1 heterocycles. The predicted molar refractivity (Wildman–Crippen MR) is 77.7 cm³/mol. The van der Waals surface area contributed by atoms with Crippen molar-refractivity contribution in [3.8, 4) is 0 Å². The van der Waals surface area contributed by atoms with Gasteiger partial charge >= 0.3 is 5.97 Å². The van der Waals surface area contributed by atoms with E-state index in [4.69, 9.17) is 5.11 Å². The molecule has 0 aromatic carbocycles. The first-order chi connectivity index (χ1) is 9.59. The molecule has 1 aromatic heterocycles. The zero-order valence-corrected chi connectivity index (χ0v) is 12.4. The van der Waals surface area contributed by atoms with E-state index in [1.165, 1.54) is 44.7 Å². The van der Waals surface area contributed by atoms with E-state index in [0.717, 1.165) is 5.69 Å². The van der Waals surface area contributed by atoms with Gasteiger partial charge in [0.25, 0.3) is 0 Å². The molecule has 1 fully saturated rings. The maximum atomic E-state index is 11.1. The van der Waals surface area contributed by atoms with Gasteiger partial charge < -0.3 is 10.4 Å². The molecule has 0 aliphatic heterocycles. The summed E-state index contributed by atoms with van der Waals surface area (Å²) >= 11 is 0. The van der Waals surface area contributed by atoms with Gasteiger partial charge in [0.2, 0.25) is 0 Å². The number of nitrogens with zero attached hydrogens (tertiary/aromatic N) is 2. The molecule has 1 atom stereocenters. The molecule has 0 radical (unpaired) electrons. The number of aromatic nitrogens is 2. The SMILES string of the molecule is C[C@H](NCc1c(C(=O)O)cnn1C)C1CCCCCC1. The van der Waals surface area contributed by atoms with Crippen molar-refractivity contribution >= 4 is 5.97 Å². The molecule has 1 aliphatic rings. The van der Waals surface area contributed by atoms with Crippen LogP contribution in [0, 0.1) is 5.92 Å². The van der Waals surface area contributed by atoms with Crippen LogP contribution in [0.5, 0.6) is 0 Å². The van der Waals surface area contributed by atoms with Gasteiger partial charge in [-0.3, -0.25) is 4.68 Å². The fraction of sp³-hybridized carbons (Fsp3) is 0.733. The summed E-state index contributed by atoms with van der Waals surface area (Å²) in [5, 5.41) is 16.7. The number of aryl methyl sites for hydroxylation is 1. The third kappa shape index (κ3) is 3.60. The number of aromatic carboxylic acids is 1. The zero-order chi connectivity index (χ0) is 14.5. The first kappa shape index (κ1) is 15.0. The second kappa shape index (κ2) is 6.88. The van der Waals surface area contributed by atoms with Gasteiger partial charge in [0, 0.05) is 19.6 Å². The molecule has 1 aliphatic carbocycles. The Balaban J connectivity index is 1.94. The Bertz CT molecular complexity index is 448. The van der Waals surface area contributed by atoms with Crippen molar-refractivity contribution in [2.24, 2.45) is 13.0 Å². The van der Waals surface area contributed by atoms with Gasteiger partial charge in [-0.05, 0) is 25.7 Å². The first-order valence-corrected chi connectivity index (χ1v) is 7.57. The summed E-state index contributed by atoms with van der Waals surface area (Å²) in [5.74, 6) is -0.198. The Hall–Kier alpha value is -1.36. The number of hydrogen-bond acceptors (Lipinski definition) is 3. The van der Waals surface area contributed by atoms with E-state index in [2.05, 4.69) is 17.3 Å². The molecule has 1 aromatic rings. The van der Waals surface area contributed by atoms with Crippen LogP contribution in [0.25, 0.3) is 0 Å². The van der Waals surface area contributed by atoms with Crippen molar-refractivity contribution < 1.29 is 9.90 Å². The summed E-state index contributed by atoms with van der Waals surface area (Å²) in [7, 11) is 1.79. The van der Waals surface area contributed by atoms with Gasteiger partial charge in [-0.25, -0.2) is 4.79 Å². The van der Waals surface area contributed by atoms with E-state index in [0.29, 0.717) is 24.1 Å². The fourth-order valence-corrected chi connectivity index (χ4v) is 3.09. The topological polar surface area (TPSA) is 67.2 Å². The highest BCUT2D eigenvalue weighted by Gasteiger charge is 2.20. The summed E-state index contributed by atoms with van der Waals surface area (Å²) in [4.78, 5) is 11.1. The number of carbonyl (C=O) groups is 1. The standard InChI is InChI=1S/C15H25N3O2/c1-11(12-7-5-3-4-6-8-12)16-10-14-13(15(19)20)9-17-18(14)2/h9,11-12,16H,3-8,10H2,1-2H3,(H,19,20)/t11-/m0/s1. The van der Waals surface area contributed by atoms with Crippen LogP contribution in [-0.2, 0) is 13.6 Å². The molecule has 0 spiro atoms. The van der Waals surface area contributed by atoms with E-state index < -0.39 is 5.97 Å². The molecule has 20 heavy (non-hydrogen) atoms. The predicted octanol–water partition coefficient (Wildman–Crippen LogP) is 2.57. The number of nitrogens with one attached hydrogen (secondary N) is 1. The number of carboxylic acid groups (broad SMARTS) is 1. The minimum absolute atomic E-state index is 0.299. The molecule has 5 nitrogen and oxygen atoms in total. The van der Waals surface area contributed by atoms with Crippen LogP contribution >= 0.6 is 0 Å². The van der Waals surface area contributed by atoms with Crippen molar-refractivity contribution in [1.82, 2.24) is 15.1 Å². The van der Waals surface area contributed by atoms with Crippen molar-refractivity contribution in [3.05, 3.63) is 17.5 Å². The molecule has 1 saturated carbocycles. The molecule has 0 saturated heterocycles. The van der Waals surface area contributed by atoms with Gasteiger partial charge in [0.15, 0.2) is 0 Å². The third-order valence-corrected chi connectivity index (χ3v) is 4.49. The highest BCUT2D eigenvalue weighted by atomic mass is 16.4. The molecule has 112 valence electrons. The lowest BCUT2D eigenvalue weighted by molar-refractivity contribution is 0.0695. The van der Waals surface area contributed by atoms with Crippen LogP contribution < -0.4 is 5.32 Å². The summed E-state index contributed by atoms with van der Waals surface area (Å²) in [6.45, 7) is 2.78. The molecule has 0 unspecified atom stereocenters. The lowest BCUT2D eigenvalue weighted by atomic mass is 9.93. The largest absolute Gasteiger partial charge is 0.478 e. The Morgan fingerprint density at radius 2 is 2.10 bits per heavy atom. The van der Waals surface area contributed by atoms with Crippen molar-refractivity contribution in [2.45, 2.75) is 58.0 Å².